The van der Waals surface area contributed by atoms with Gasteiger partial charge in [0.1, 0.15) is 23.4 Å². The summed E-state index contributed by atoms with van der Waals surface area (Å²) in [6.07, 6.45) is 4.33. The highest BCUT2D eigenvalue weighted by Gasteiger charge is 2.72. The highest BCUT2D eigenvalue weighted by molar-refractivity contribution is 5.68. The van der Waals surface area contributed by atoms with Crippen LogP contribution in [0, 0.1) is 23.7 Å². The van der Waals surface area contributed by atoms with Crippen LogP contribution in [0.2, 0.25) is 0 Å². The van der Waals surface area contributed by atoms with Crippen LogP contribution < -0.4 is 0 Å². The number of ether oxygens (including phenoxy) is 4. The van der Waals surface area contributed by atoms with Crippen molar-refractivity contribution in [2.24, 2.45) is 23.7 Å². The van der Waals surface area contributed by atoms with E-state index in [1.165, 1.54) is 5.57 Å². The molecule has 0 aromatic rings. The quantitative estimate of drug-likeness (QED) is 0.373. The Balaban J connectivity index is 1.19. The maximum absolute atomic E-state index is 13.1. The fourth-order valence-corrected chi connectivity index (χ4v) is 7.12. The summed E-state index contributed by atoms with van der Waals surface area (Å²) < 4.78 is 24.5. The second-order valence-corrected chi connectivity index (χ2v) is 11.7. The van der Waals surface area contributed by atoms with Crippen LogP contribution in [0.3, 0.4) is 0 Å². The molecule has 3 heterocycles. The summed E-state index contributed by atoms with van der Waals surface area (Å²) in [5.74, 6) is 2.09. The largest absolute Gasteiger partial charge is 0.443 e. The molecule has 0 radical (unpaired) electrons. The van der Waals surface area contributed by atoms with Crippen molar-refractivity contribution in [2.45, 2.75) is 83.4 Å². The Labute approximate surface area is 205 Å². The Morgan fingerprint density at radius 3 is 2.44 bits per heavy atom. The first-order valence-corrected chi connectivity index (χ1v) is 13.4. The summed E-state index contributed by atoms with van der Waals surface area (Å²) in [6.45, 7) is 16.7. The van der Waals surface area contributed by atoms with Gasteiger partial charge in [-0.2, -0.15) is 0 Å². The smallest absolute Gasteiger partial charge is 0.410 e. The number of fused-ring (bicyclic) bond motifs is 1. The van der Waals surface area contributed by atoms with Crippen LogP contribution in [0.4, 0.5) is 4.79 Å². The van der Waals surface area contributed by atoms with Crippen molar-refractivity contribution in [1.29, 1.82) is 0 Å². The predicted octanol–water partition coefficient (Wildman–Crippen LogP) is 3.72. The molecule has 34 heavy (non-hydrogen) atoms. The average Bonchev–Trinajstić information content (AvgIpc) is 3.77. The molecule has 0 aromatic carbocycles. The molecule has 3 saturated heterocycles. The number of allylic oxidation sites excluding steroid dienone is 1. The van der Waals surface area contributed by atoms with Crippen LogP contribution in [-0.2, 0) is 18.9 Å². The van der Waals surface area contributed by atoms with Crippen molar-refractivity contribution in [1.82, 2.24) is 9.80 Å². The molecule has 5 rings (SSSR count). The van der Waals surface area contributed by atoms with Crippen molar-refractivity contribution in [3.05, 3.63) is 11.6 Å². The first kappa shape index (κ1) is 24.5. The van der Waals surface area contributed by atoms with Gasteiger partial charge >= 0.3 is 6.09 Å². The molecule has 7 heteroatoms. The normalized spacial score (nSPS) is 44.2. The zero-order chi connectivity index (χ0) is 24.3. The van der Waals surface area contributed by atoms with Gasteiger partial charge in [0.15, 0.2) is 0 Å². The van der Waals surface area contributed by atoms with Gasteiger partial charge in [0.2, 0.25) is 0 Å². The van der Waals surface area contributed by atoms with E-state index < -0.39 is 0 Å². The monoisotopic (exact) mass is 476 g/mol. The number of piperidine rings is 1. The van der Waals surface area contributed by atoms with Crippen molar-refractivity contribution < 1.29 is 23.7 Å². The Kier molecular flexibility index (Phi) is 6.54. The van der Waals surface area contributed by atoms with Crippen LogP contribution in [0.15, 0.2) is 11.6 Å². The summed E-state index contributed by atoms with van der Waals surface area (Å²) in [4.78, 5) is 17.6. The van der Waals surface area contributed by atoms with E-state index in [1.807, 2.05) is 4.90 Å². The number of likely N-dealkylation sites (tertiary alicyclic amines) is 1. The zero-order valence-electron chi connectivity index (χ0n) is 21.9. The van der Waals surface area contributed by atoms with Gasteiger partial charge in [-0.15, -0.1) is 0 Å². The van der Waals surface area contributed by atoms with Crippen LogP contribution in [0.25, 0.3) is 0 Å². The van der Waals surface area contributed by atoms with Gasteiger partial charge in [0, 0.05) is 26.7 Å². The molecule has 9 atom stereocenters. The molecule has 5 fully saturated rings. The molecule has 3 aliphatic heterocycles. The Bertz CT molecular complexity index is 793. The van der Waals surface area contributed by atoms with Crippen molar-refractivity contribution in [3.8, 4) is 0 Å². The fraction of sp³-hybridized carbons (Fsp3) is 0.889. The minimum Gasteiger partial charge on any atom is -0.443 e. The van der Waals surface area contributed by atoms with E-state index >= 15 is 0 Å². The van der Waals surface area contributed by atoms with E-state index in [0.29, 0.717) is 11.8 Å². The summed E-state index contributed by atoms with van der Waals surface area (Å²) in [6, 6.07) is 0. The molecule has 5 aliphatic rings. The molecule has 0 bridgehead atoms. The third kappa shape index (κ3) is 4.31. The van der Waals surface area contributed by atoms with Gasteiger partial charge in [0.25, 0.3) is 0 Å². The number of methoxy groups -OCH3 is 1. The molecule has 2 aliphatic carbocycles. The van der Waals surface area contributed by atoms with Gasteiger partial charge in [0.05, 0.1) is 18.6 Å². The number of nitrogens with zero attached hydrogens (tertiary/aromatic N) is 2. The number of amides is 1. The minimum atomic E-state index is -0.304. The van der Waals surface area contributed by atoms with Gasteiger partial charge in [-0.1, -0.05) is 25.5 Å². The predicted molar refractivity (Wildman–Crippen MR) is 130 cm³/mol. The van der Waals surface area contributed by atoms with E-state index in [0.717, 1.165) is 64.5 Å². The first-order chi connectivity index (χ1) is 16.3. The van der Waals surface area contributed by atoms with Crippen LogP contribution >= 0.6 is 0 Å². The second-order valence-electron chi connectivity index (χ2n) is 11.7. The summed E-state index contributed by atoms with van der Waals surface area (Å²) in [5.41, 5.74) is 0.809. The molecule has 1 amide bonds. The Morgan fingerprint density at radius 2 is 1.88 bits per heavy atom. The topological polar surface area (TPSA) is 67.1 Å². The molecule has 7 nitrogen and oxygen atoms in total. The van der Waals surface area contributed by atoms with E-state index in [-0.39, 0.29) is 41.5 Å². The SMILES string of the molecule is CCN(CC)C[C@@H]1[C@H]2CN(C(=O)O[C@@H]3CC[C@]4(CO4)[C@@H]([C@@]4(C)O[C@@H]4CC=C(C)C)[C@@H]3OC)C[C@@H]12. The van der Waals surface area contributed by atoms with E-state index in [1.54, 1.807) is 7.11 Å². The number of epoxide rings is 2. The summed E-state index contributed by atoms with van der Waals surface area (Å²) in [5, 5.41) is 0. The van der Waals surface area contributed by atoms with Crippen molar-refractivity contribution in [2.75, 3.05) is 46.4 Å². The number of rotatable bonds is 9. The van der Waals surface area contributed by atoms with E-state index in [9.17, 15) is 4.79 Å². The van der Waals surface area contributed by atoms with Gasteiger partial charge < -0.3 is 28.7 Å². The van der Waals surface area contributed by atoms with Crippen molar-refractivity contribution >= 4 is 6.09 Å². The lowest BCUT2D eigenvalue weighted by Gasteiger charge is -2.43. The lowest BCUT2D eigenvalue weighted by atomic mass is 9.68. The molecule has 0 aromatic heterocycles. The zero-order valence-corrected chi connectivity index (χ0v) is 21.9. The standard InChI is InChI=1S/C27H44N2O5/c1-7-28(8-2)13-18-19-14-29(15-20(18)19)25(30)33-21-11-12-27(16-32-27)24(23(21)31-6)26(5)22(34-26)10-9-17(3)4/h9,18-24H,7-8,10-16H2,1-6H3/t18-,19-,20+,21-,22-,23-,24-,26+,27+/m1/s1. The summed E-state index contributed by atoms with van der Waals surface area (Å²) in [7, 11) is 1.74. The third-order valence-corrected chi connectivity index (χ3v) is 9.48. The molecule has 0 unspecified atom stereocenters. The third-order valence-electron chi connectivity index (χ3n) is 9.48. The highest BCUT2D eigenvalue weighted by Crippen LogP contribution is 2.60. The van der Waals surface area contributed by atoms with E-state index in [4.69, 9.17) is 18.9 Å². The molecule has 0 N–H and O–H groups in total. The maximum atomic E-state index is 13.1. The number of hydrogen-bond donors (Lipinski definition) is 0. The van der Waals surface area contributed by atoms with Crippen LogP contribution in [0.5, 0.6) is 0 Å². The average molecular weight is 477 g/mol. The van der Waals surface area contributed by atoms with Gasteiger partial charge in [-0.25, -0.2) is 4.79 Å². The van der Waals surface area contributed by atoms with Crippen LogP contribution in [0.1, 0.15) is 53.9 Å². The minimum absolute atomic E-state index is 0.0672. The second kappa shape index (κ2) is 9.06. The molecular formula is C27H44N2O5. The van der Waals surface area contributed by atoms with E-state index in [2.05, 4.69) is 45.6 Å². The van der Waals surface area contributed by atoms with Gasteiger partial charge in [-0.05, 0) is 70.9 Å². The Hall–Kier alpha value is -1.15. The maximum Gasteiger partial charge on any atom is 0.410 e. The number of carbonyl (C=O) groups is 1. The molecule has 2 saturated carbocycles. The fourth-order valence-electron chi connectivity index (χ4n) is 7.12. The Morgan fingerprint density at radius 1 is 1.21 bits per heavy atom. The molecular weight excluding hydrogens is 432 g/mol. The lowest BCUT2D eigenvalue weighted by molar-refractivity contribution is -0.121. The molecule has 192 valence electrons. The summed E-state index contributed by atoms with van der Waals surface area (Å²) >= 11 is 0. The molecule has 1 spiro atoms. The van der Waals surface area contributed by atoms with Crippen LogP contribution in [-0.4, -0.2) is 91.8 Å². The lowest BCUT2D eigenvalue weighted by Crippen LogP contribution is -2.56. The number of hydrogen-bond acceptors (Lipinski definition) is 6. The van der Waals surface area contributed by atoms with Gasteiger partial charge in [-0.3, -0.25) is 0 Å². The number of carbonyl (C=O) groups excluding carboxylic acids is 1. The highest BCUT2D eigenvalue weighted by atomic mass is 16.6. The van der Waals surface area contributed by atoms with Crippen molar-refractivity contribution in [3.63, 3.8) is 0 Å². The first-order valence-electron chi connectivity index (χ1n) is 13.4.